The van der Waals surface area contributed by atoms with Crippen LogP contribution < -0.4 is 0 Å². The van der Waals surface area contributed by atoms with Crippen LogP contribution in [0.15, 0.2) is 30.5 Å². The molecule has 6 nitrogen and oxygen atoms in total. The van der Waals surface area contributed by atoms with Crippen LogP contribution in [0, 0.1) is 0 Å². The van der Waals surface area contributed by atoms with Gasteiger partial charge >= 0.3 is 12.1 Å². The highest BCUT2D eigenvalue weighted by molar-refractivity contribution is 6.34. The van der Waals surface area contributed by atoms with Crippen molar-refractivity contribution in [3.05, 3.63) is 57.3 Å². The summed E-state index contributed by atoms with van der Waals surface area (Å²) in [6.07, 6.45) is 1.86. The van der Waals surface area contributed by atoms with Gasteiger partial charge in [-0.2, -0.15) is 0 Å². The summed E-state index contributed by atoms with van der Waals surface area (Å²) in [6.45, 7) is 1.58. The molecule has 25 heavy (non-hydrogen) atoms. The number of nitrogens with zero attached hydrogens (tertiary/aromatic N) is 2. The summed E-state index contributed by atoms with van der Waals surface area (Å²) in [5.74, 6) is -0.979. The Morgan fingerprint density at radius 1 is 1.12 bits per heavy atom. The van der Waals surface area contributed by atoms with Crippen molar-refractivity contribution in [3.63, 3.8) is 0 Å². The Morgan fingerprint density at radius 3 is 2.52 bits per heavy atom. The molecule has 0 fully saturated rings. The highest BCUT2D eigenvalue weighted by Gasteiger charge is 2.22. The van der Waals surface area contributed by atoms with E-state index in [2.05, 4.69) is 0 Å². The molecule has 3 rings (SSSR count). The molecule has 2 heterocycles. The smallest absolute Gasteiger partial charge is 0.410 e. The summed E-state index contributed by atoms with van der Waals surface area (Å²) in [4.78, 5) is 25.0. The second-order valence-electron chi connectivity index (χ2n) is 5.83. The maximum atomic E-state index is 12.4. The van der Waals surface area contributed by atoms with Crippen molar-refractivity contribution in [2.24, 2.45) is 0 Å². The van der Waals surface area contributed by atoms with Gasteiger partial charge < -0.3 is 19.3 Å². The minimum Gasteiger partial charge on any atom is -0.478 e. The molecule has 1 amide bonds. The maximum Gasteiger partial charge on any atom is 0.410 e. The molecule has 1 N–H and O–H groups in total. The van der Waals surface area contributed by atoms with E-state index in [1.165, 1.54) is 0 Å². The first-order chi connectivity index (χ1) is 11.9. The molecule has 1 aromatic carbocycles. The number of aromatic nitrogens is 1. The van der Waals surface area contributed by atoms with E-state index in [0.29, 0.717) is 35.2 Å². The Bertz CT molecular complexity index is 799. The van der Waals surface area contributed by atoms with Crippen molar-refractivity contribution in [2.45, 2.75) is 26.1 Å². The van der Waals surface area contributed by atoms with Gasteiger partial charge in [-0.1, -0.05) is 23.2 Å². The first-order valence-electron chi connectivity index (χ1n) is 7.71. The van der Waals surface area contributed by atoms with Crippen molar-refractivity contribution < 1.29 is 19.4 Å². The first kappa shape index (κ1) is 17.6. The standard InChI is InChI=1S/C17H16Cl2N2O4/c18-13-4-11(5-14(19)7-13)10-25-17(24)21-3-1-2-20-8-12(16(22)23)6-15(20)9-21/h4-8H,1-3,9-10H2,(H,22,23). The van der Waals surface area contributed by atoms with Crippen LogP contribution in [0.2, 0.25) is 10.0 Å². The fourth-order valence-electron chi connectivity index (χ4n) is 2.81. The number of aryl methyl sites for hydroxylation is 1. The lowest BCUT2D eigenvalue weighted by molar-refractivity contribution is 0.0696. The molecule has 1 aromatic heterocycles. The molecule has 0 spiro atoms. The second kappa shape index (κ2) is 7.37. The Morgan fingerprint density at radius 2 is 1.84 bits per heavy atom. The van der Waals surface area contributed by atoms with Crippen molar-refractivity contribution in [1.29, 1.82) is 0 Å². The van der Waals surface area contributed by atoms with Gasteiger partial charge in [0.1, 0.15) is 6.61 Å². The van der Waals surface area contributed by atoms with E-state index in [1.807, 2.05) is 4.57 Å². The van der Waals surface area contributed by atoms with Gasteiger partial charge in [0, 0.05) is 35.0 Å². The molecule has 0 atom stereocenters. The molecule has 0 radical (unpaired) electrons. The average Bonchev–Trinajstić information content (AvgIpc) is 2.84. The number of halogens is 2. The van der Waals surface area contributed by atoms with Crippen LogP contribution in [0.5, 0.6) is 0 Å². The summed E-state index contributed by atoms with van der Waals surface area (Å²) in [5.41, 5.74) is 1.70. The van der Waals surface area contributed by atoms with E-state index in [0.717, 1.165) is 12.1 Å². The molecule has 0 bridgehead atoms. The van der Waals surface area contributed by atoms with E-state index >= 15 is 0 Å². The highest BCUT2D eigenvalue weighted by atomic mass is 35.5. The number of benzene rings is 1. The Balaban J connectivity index is 1.66. The summed E-state index contributed by atoms with van der Waals surface area (Å²) in [7, 11) is 0. The molecule has 1 aliphatic rings. The number of ether oxygens (including phenoxy) is 1. The van der Waals surface area contributed by atoms with Gasteiger partial charge in [0.25, 0.3) is 0 Å². The fourth-order valence-corrected chi connectivity index (χ4v) is 3.38. The van der Waals surface area contributed by atoms with Crippen LogP contribution in [-0.2, 0) is 24.4 Å². The minimum absolute atomic E-state index is 0.0665. The van der Waals surface area contributed by atoms with Crippen LogP contribution in [0.3, 0.4) is 0 Å². The molecular weight excluding hydrogens is 367 g/mol. The van der Waals surface area contributed by atoms with Crippen LogP contribution in [0.1, 0.15) is 28.0 Å². The van der Waals surface area contributed by atoms with E-state index in [-0.39, 0.29) is 12.2 Å². The zero-order valence-corrected chi connectivity index (χ0v) is 14.8. The Labute approximate surface area is 154 Å². The zero-order chi connectivity index (χ0) is 18.0. The molecule has 2 aromatic rings. The summed E-state index contributed by atoms with van der Waals surface area (Å²) in [5, 5.41) is 10.1. The van der Waals surface area contributed by atoms with Gasteiger partial charge in [-0.3, -0.25) is 0 Å². The second-order valence-corrected chi connectivity index (χ2v) is 6.70. The molecule has 1 aliphatic heterocycles. The predicted molar refractivity (Wildman–Crippen MR) is 93.1 cm³/mol. The van der Waals surface area contributed by atoms with Crippen molar-refractivity contribution in [2.75, 3.05) is 6.54 Å². The third-order valence-electron chi connectivity index (χ3n) is 3.96. The zero-order valence-electron chi connectivity index (χ0n) is 13.2. The van der Waals surface area contributed by atoms with Crippen LogP contribution >= 0.6 is 23.2 Å². The third kappa shape index (κ3) is 4.27. The predicted octanol–water partition coefficient (Wildman–Crippen LogP) is 4.04. The monoisotopic (exact) mass is 382 g/mol. The minimum atomic E-state index is -0.979. The molecule has 132 valence electrons. The van der Waals surface area contributed by atoms with E-state index in [4.69, 9.17) is 33.0 Å². The summed E-state index contributed by atoms with van der Waals surface area (Å²) >= 11 is 11.9. The number of rotatable bonds is 3. The van der Waals surface area contributed by atoms with Crippen molar-refractivity contribution in [1.82, 2.24) is 9.47 Å². The van der Waals surface area contributed by atoms with Gasteiger partial charge in [-0.15, -0.1) is 0 Å². The number of carboxylic acids is 1. The lowest BCUT2D eigenvalue weighted by Gasteiger charge is -2.19. The summed E-state index contributed by atoms with van der Waals surface area (Å²) < 4.78 is 7.22. The van der Waals surface area contributed by atoms with Gasteiger partial charge in [-0.05, 0) is 36.2 Å². The lowest BCUT2D eigenvalue weighted by atomic mass is 10.2. The quantitative estimate of drug-likeness (QED) is 0.869. The van der Waals surface area contributed by atoms with Gasteiger partial charge in [0.2, 0.25) is 0 Å². The number of hydrogen-bond acceptors (Lipinski definition) is 3. The normalized spacial score (nSPS) is 13.9. The molecule has 0 saturated carbocycles. The van der Waals surface area contributed by atoms with Crippen LogP contribution in [0.4, 0.5) is 4.79 Å². The molecule has 0 unspecified atom stereocenters. The van der Waals surface area contributed by atoms with Crippen LogP contribution in [-0.4, -0.2) is 33.2 Å². The average molecular weight is 383 g/mol. The third-order valence-corrected chi connectivity index (χ3v) is 4.39. The number of carbonyl (C=O) groups excluding carboxylic acids is 1. The lowest BCUT2D eigenvalue weighted by Crippen LogP contribution is -2.31. The maximum absolute atomic E-state index is 12.4. The fraction of sp³-hybridized carbons (Fsp3) is 0.294. The number of carbonyl (C=O) groups is 2. The largest absolute Gasteiger partial charge is 0.478 e. The SMILES string of the molecule is O=C(O)c1cc2n(c1)CCCN(C(=O)OCc1cc(Cl)cc(Cl)c1)C2. The topological polar surface area (TPSA) is 71.8 Å². The van der Waals surface area contributed by atoms with E-state index in [1.54, 1.807) is 35.4 Å². The van der Waals surface area contributed by atoms with Gasteiger partial charge in [-0.25, -0.2) is 9.59 Å². The highest BCUT2D eigenvalue weighted by Crippen LogP contribution is 2.21. The number of aromatic carboxylic acids is 1. The number of carboxylic acid groups (broad SMARTS) is 1. The molecule has 0 saturated heterocycles. The van der Waals surface area contributed by atoms with Crippen molar-refractivity contribution in [3.8, 4) is 0 Å². The van der Waals surface area contributed by atoms with Gasteiger partial charge in [0.15, 0.2) is 0 Å². The molecule has 0 aliphatic carbocycles. The Hall–Kier alpha value is -2.18. The van der Waals surface area contributed by atoms with E-state index in [9.17, 15) is 9.59 Å². The van der Waals surface area contributed by atoms with Gasteiger partial charge in [0.05, 0.1) is 12.1 Å². The molecular formula is C17H16Cl2N2O4. The first-order valence-corrected chi connectivity index (χ1v) is 8.47. The van der Waals surface area contributed by atoms with E-state index < -0.39 is 12.1 Å². The number of amides is 1. The van der Waals surface area contributed by atoms with Crippen LogP contribution in [0.25, 0.3) is 0 Å². The summed E-state index contributed by atoms with van der Waals surface area (Å²) in [6, 6.07) is 6.57. The van der Waals surface area contributed by atoms with Crippen molar-refractivity contribution >= 4 is 35.3 Å². The Kier molecular flexibility index (Phi) is 5.20. The number of fused-ring (bicyclic) bond motifs is 1. The molecule has 8 heteroatoms. The number of hydrogen-bond donors (Lipinski definition) is 1.